The van der Waals surface area contributed by atoms with Gasteiger partial charge in [0.25, 0.3) is 0 Å². The third-order valence-corrected chi connectivity index (χ3v) is 12.3. The zero-order valence-electron chi connectivity index (χ0n) is 34.5. The Kier molecular flexibility index (Phi) is 8.72. The van der Waals surface area contributed by atoms with Gasteiger partial charge in [-0.3, -0.25) is 9.55 Å². The van der Waals surface area contributed by atoms with Crippen molar-refractivity contribution in [2.24, 2.45) is 0 Å². The van der Waals surface area contributed by atoms with E-state index in [2.05, 4.69) is 225 Å². The average molecular weight is 782 g/mol. The van der Waals surface area contributed by atoms with Crippen molar-refractivity contribution in [3.8, 4) is 61.3 Å². The molecule has 0 aliphatic rings. The molecule has 0 N–H and O–H groups in total. The Morgan fingerprint density at radius 1 is 0.393 bits per heavy atom. The van der Waals surface area contributed by atoms with Crippen molar-refractivity contribution in [2.75, 3.05) is 0 Å². The number of nitrogens with zero attached hydrogens (tertiary/aromatic N) is 3. The van der Waals surface area contributed by atoms with Crippen molar-refractivity contribution in [3.05, 3.63) is 212 Å². The molecule has 0 saturated carbocycles. The summed E-state index contributed by atoms with van der Waals surface area (Å²) in [7, 11) is 0. The number of pyridine rings is 2. The first-order valence-electron chi connectivity index (χ1n) is 21.1. The average Bonchev–Trinajstić information content (AvgIpc) is 3.64. The van der Waals surface area contributed by atoms with Gasteiger partial charge in [0.15, 0.2) is 0 Å². The van der Waals surface area contributed by atoms with Crippen molar-refractivity contribution in [2.45, 2.75) is 26.2 Å². The van der Waals surface area contributed by atoms with Crippen molar-refractivity contribution in [3.63, 3.8) is 0 Å². The van der Waals surface area contributed by atoms with Crippen LogP contribution >= 0.6 is 0 Å². The van der Waals surface area contributed by atoms with E-state index in [-0.39, 0.29) is 5.41 Å². The van der Waals surface area contributed by atoms with Gasteiger partial charge in [0, 0.05) is 35.1 Å². The molecule has 290 valence electrons. The lowest BCUT2D eigenvalue weighted by atomic mass is 9.82. The van der Waals surface area contributed by atoms with Crippen LogP contribution in [0, 0.1) is 0 Å². The second kappa shape index (κ2) is 14.6. The van der Waals surface area contributed by atoms with E-state index in [9.17, 15) is 0 Å². The van der Waals surface area contributed by atoms with Crippen LogP contribution in [0.3, 0.4) is 0 Å². The van der Waals surface area contributed by atoms with Crippen LogP contribution in [0.15, 0.2) is 207 Å². The maximum atomic E-state index is 5.16. The molecule has 11 rings (SSSR count). The summed E-state index contributed by atoms with van der Waals surface area (Å²) in [5.74, 6) is 0. The van der Waals surface area contributed by atoms with Gasteiger partial charge in [-0.2, -0.15) is 0 Å². The molecule has 0 aliphatic heterocycles. The van der Waals surface area contributed by atoms with Gasteiger partial charge in [0.2, 0.25) is 0 Å². The first kappa shape index (κ1) is 36.5. The van der Waals surface area contributed by atoms with E-state index < -0.39 is 0 Å². The van der Waals surface area contributed by atoms with Crippen LogP contribution in [0.2, 0.25) is 0 Å². The van der Waals surface area contributed by atoms with Crippen LogP contribution in [0.1, 0.15) is 26.3 Å². The minimum atomic E-state index is -0.0522. The maximum Gasteiger partial charge on any atom is 0.145 e. The third kappa shape index (κ3) is 6.20. The Hall–Kier alpha value is -7.62. The summed E-state index contributed by atoms with van der Waals surface area (Å²) >= 11 is 0. The van der Waals surface area contributed by atoms with Crippen LogP contribution in [0.5, 0.6) is 0 Å². The van der Waals surface area contributed by atoms with E-state index in [1.807, 2.05) is 12.4 Å². The summed E-state index contributed by atoms with van der Waals surface area (Å²) < 4.78 is 2.31. The molecule has 0 fully saturated rings. The zero-order chi connectivity index (χ0) is 41.1. The molecule has 0 spiro atoms. The number of para-hydroxylation sites is 1. The number of rotatable bonds is 6. The fraction of sp³-hybridized carbons (Fsp3) is 0.0690. The minimum Gasteiger partial charge on any atom is -0.294 e. The van der Waals surface area contributed by atoms with Crippen LogP contribution in [0.25, 0.3) is 105 Å². The van der Waals surface area contributed by atoms with Crippen molar-refractivity contribution in [1.29, 1.82) is 0 Å². The van der Waals surface area contributed by atoms with Crippen LogP contribution in [0.4, 0.5) is 0 Å². The summed E-state index contributed by atoms with van der Waals surface area (Å²) in [6.07, 6.45) is 5.80. The van der Waals surface area contributed by atoms with E-state index in [1.165, 1.54) is 71.4 Å². The number of hydrogen-bond acceptors (Lipinski definition) is 2. The maximum absolute atomic E-state index is 5.16. The Bertz CT molecular complexity index is 3370. The van der Waals surface area contributed by atoms with Crippen LogP contribution < -0.4 is 0 Å². The molecule has 0 amide bonds. The molecular weight excluding hydrogens is 739 g/mol. The van der Waals surface area contributed by atoms with E-state index in [0.29, 0.717) is 0 Å². The summed E-state index contributed by atoms with van der Waals surface area (Å²) in [5, 5.41) is 7.29. The molecule has 3 nitrogen and oxygen atoms in total. The van der Waals surface area contributed by atoms with E-state index in [0.717, 1.165) is 38.9 Å². The Balaban J connectivity index is 1.20. The topological polar surface area (TPSA) is 30.7 Å². The summed E-state index contributed by atoms with van der Waals surface area (Å²) in [5.41, 5.74) is 16.2. The molecule has 0 unspecified atom stereocenters. The number of aromatic nitrogens is 3. The SMILES string of the molecule is CC(C)(C)c1cnc2c(c1)c1cc(-c3cc(-c4ccncc4)ccc3-c3ccccc3-c3c4ccccc4c(-c4ccccc4)c4ccccc34)ccc1n2-c1ccccc1. The highest BCUT2D eigenvalue weighted by molar-refractivity contribution is 6.22. The van der Waals surface area contributed by atoms with E-state index >= 15 is 0 Å². The fourth-order valence-corrected chi connectivity index (χ4v) is 9.32. The first-order chi connectivity index (χ1) is 29.9. The largest absolute Gasteiger partial charge is 0.294 e. The number of hydrogen-bond donors (Lipinski definition) is 0. The molecule has 0 atom stereocenters. The van der Waals surface area contributed by atoms with Crippen LogP contribution in [-0.2, 0) is 5.41 Å². The lowest BCUT2D eigenvalue weighted by molar-refractivity contribution is 0.588. The van der Waals surface area contributed by atoms with E-state index in [1.54, 1.807) is 0 Å². The summed E-state index contributed by atoms with van der Waals surface area (Å²) in [6, 6.07) is 68.7. The second-order valence-corrected chi connectivity index (χ2v) is 17.0. The Morgan fingerprint density at radius 2 is 0.967 bits per heavy atom. The molecule has 61 heavy (non-hydrogen) atoms. The first-order valence-corrected chi connectivity index (χ1v) is 21.1. The smallest absolute Gasteiger partial charge is 0.145 e. The second-order valence-electron chi connectivity index (χ2n) is 17.0. The summed E-state index contributed by atoms with van der Waals surface area (Å²) in [6.45, 7) is 6.77. The van der Waals surface area contributed by atoms with Crippen molar-refractivity contribution >= 4 is 43.5 Å². The predicted octanol–water partition coefficient (Wildman–Crippen LogP) is 15.5. The van der Waals surface area contributed by atoms with Gasteiger partial charge in [0.1, 0.15) is 5.65 Å². The fourth-order valence-electron chi connectivity index (χ4n) is 9.32. The quantitative estimate of drug-likeness (QED) is 0.157. The lowest BCUT2D eigenvalue weighted by Crippen LogP contribution is -2.11. The summed E-state index contributed by atoms with van der Waals surface area (Å²) in [4.78, 5) is 9.50. The molecular formula is C58H43N3. The highest BCUT2D eigenvalue weighted by Crippen LogP contribution is 2.48. The molecule has 3 heteroatoms. The van der Waals surface area contributed by atoms with E-state index in [4.69, 9.17) is 4.98 Å². The monoisotopic (exact) mass is 781 g/mol. The Labute approximate surface area is 356 Å². The highest BCUT2D eigenvalue weighted by Gasteiger charge is 2.23. The molecule has 11 aromatic rings. The Morgan fingerprint density at radius 3 is 1.64 bits per heavy atom. The predicted molar refractivity (Wildman–Crippen MR) is 257 cm³/mol. The standard InChI is InChI=1S/C58H43N3/c1-58(2,3)42-36-53-52-35-41(27-29-54(52)61(57(53)60-37-42)43-18-8-5-9-19-43)51-34-40(38-30-32-59-33-31-38)26-28-45(51)44-20-10-11-21-46(44)56-49-24-14-12-22-47(49)55(39-16-6-4-7-17-39)48-23-13-15-25-50(48)56/h4-37H,1-3H3. The third-order valence-electron chi connectivity index (χ3n) is 12.3. The molecule has 0 aliphatic carbocycles. The van der Waals surface area contributed by atoms with Gasteiger partial charge in [0.05, 0.1) is 5.52 Å². The van der Waals surface area contributed by atoms with Gasteiger partial charge in [-0.15, -0.1) is 0 Å². The molecule has 8 aromatic carbocycles. The van der Waals surface area contributed by atoms with Crippen molar-refractivity contribution < 1.29 is 0 Å². The van der Waals surface area contributed by atoms with Gasteiger partial charge in [-0.05, 0) is 137 Å². The minimum absolute atomic E-state index is 0.0522. The molecule has 0 bridgehead atoms. The highest BCUT2D eigenvalue weighted by atomic mass is 15.0. The zero-order valence-corrected chi connectivity index (χ0v) is 34.5. The van der Waals surface area contributed by atoms with Crippen LogP contribution in [-0.4, -0.2) is 14.5 Å². The number of benzene rings is 8. The number of fused-ring (bicyclic) bond motifs is 5. The van der Waals surface area contributed by atoms with Crippen molar-refractivity contribution in [1.82, 2.24) is 14.5 Å². The van der Waals surface area contributed by atoms with Gasteiger partial charge < -0.3 is 0 Å². The van der Waals surface area contributed by atoms with Gasteiger partial charge in [-0.25, -0.2) is 4.98 Å². The van der Waals surface area contributed by atoms with Gasteiger partial charge in [-0.1, -0.05) is 160 Å². The lowest BCUT2D eigenvalue weighted by Gasteiger charge is -2.21. The molecule has 3 aromatic heterocycles. The normalized spacial score (nSPS) is 11.9. The molecule has 0 radical (unpaired) electrons. The van der Waals surface area contributed by atoms with Gasteiger partial charge >= 0.3 is 0 Å². The molecule has 0 saturated heterocycles. The molecule has 3 heterocycles.